The highest BCUT2D eigenvalue weighted by Crippen LogP contribution is 2.32. The Bertz CT molecular complexity index is 1320. The number of benzene rings is 3. The third-order valence-corrected chi connectivity index (χ3v) is 5.04. The van der Waals surface area contributed by atoms with Crippen LogP contribution in [0.15, 0.2) is 78.9 Å². The van der Waals surface area contributed by atoms with Crippen molar-refractivity contribution in [3.63, 3.8) is 0 Å². The minimum atomic E-state index is -0.144. The van der Waals surface area contributed by atoms with E-state index < -0.39 is 0 Å². The molecule has 0 aliphatic carbocycles. The van der Waals surface area contributed by atoms with Gasteiger partial charge in [-0.15, -0.1) is 10.2 Å². The van der Waals surface area contributed by atoms with E-state index in [1.165, 1.54) is 0 Å². The highest BCUT2D eigenvalue weighted by Gasteiger charge is 2.13. The van der Waals surface area contributed by atoms with Gasteiger partial charge < -0.3 is 9.84 Å². The zero-order valence-corrected chi connectivity index (χ0v) is 16.6. The van der Waals surface area contributed by atoms with Crippen LogP contribution in [0.1, 0.15) is 11.3 Å². The van der Waals surface area contributed by atoms with Crippen LogP contribution in [0.4, 0.5) is 0 Å². The van der Waals surface area contributed by atoms with E-state index in [-0.39, 0.29) is 6.61 Å². The number of hydrogen-bond donors (Lipinski definition) is 2. The van der Waals surface area contributed by atoms with Crippen LogP contribution in [0.2, 0.25) is 0 Å². The lowest BCUT2D eigenvalue weighted by Crippen LogP contribution is -2.00. The lowest BCUT2D eigenvalue weighted by molar-refractivity contribution is 0.274. The number of para-hydroxylation sites is 1. The summed E-state index contributed by atoms with van der Waals surface area (Å²) in [5.41, 5.74) is 5.28. The topological polar surface area (TPSA) is 96.8 Å². The predicted octanol–water partition coefficient (Wildman–Crippen LogP) is 4.15. The number of aliphatic hydroxyl groups is 1. The largest absolute Gasteiger partial charge is 0.488 e. The van der Waals surface area contributed by atoms with Gasteiger partial charge >= 0.3 is 0 Å². The number of fused-ring (bicyclic) bond motifs is 1. The summed E-state index contributed by atoms with van der Waals surface area (Å²) in [7, 11) is 0. The molecular weight excluding hydrogens is 390 g/mol. The molecule has 2 N–H and O–H groups in total. The van der Waals surface area contributed by atoms with Crippen molar-refractivity contribution in [3.05, 3.63) is 90.1 Å². The average molecular weight is 409 g/mol. The number of aromatic nitrogens is 5. The molecule has 0 unspecified atom stereocenters. The van der Waals surface area contributed by atoms with Crippen molar-refractivity contribution >= 4 is 10.9 Å². The standard InChI is InChI=1S/C24H19N5O2/c30-14-18-13-23(20-8-4-5-9-22(20)25-18)31-15-16-10-11-19(17-6-2-1-3-7-17)21(12-16)24-26-28-29-27-24/h1-13,30H,14-15H2,(H,26,27,28,29). The molecule has 0 aliphatic heterocycles. The number of ether oxygens (including phenoxy) is 1. The van der Waals surface area contributed by atoms with E-state index in [4.69, 9.17) is 4.74 Å². The monoisotopic (exact) mass is 409 g/mol. The van der Waals surface area contributed by atoms with Gasteiger partial charge in [0.15, 0.2) is 0 Å². The van der Waals surface area contributed by atoms with Crippen LogP contribution < -0.4 is 4.74 Å². The lowest BCUT2D eigenvalue weighted by Gasteiger charge is -2.13. The van der Waals surface area contributed by atoms with E-state index in [9.17, 15) is 5.11 Å². The van der Waals surface area contributed by atoms with Gasteiger partial charge in [0.25, 0.3) is 0 Å². The van der Waals surface area contributed by atoms with Crippen LogP contribution in [-0.4, -0.2) is 30.7 Å². The molecule has 152 valence electrons. The second-order valence-corrected chi connectivity index (χ2v) is 7.06. The summed E-state index contributed by atoms with van der Waals surface area (Å²) in [4.78, 5) is 4.45. The summed E-state index contributed by atoms with van der Waals surface area (Å²) in [5.74, 6) is 1.21. The number of nitrogens with one attached hydrogen (secondary N) is 1. The average Bonchev–Trinajstić information content (AvgIpc) is 3.37. The molecule has 0 aliphatic rings. The number of H-pyrrole nitrogens is 1. The summed E-state index contributed by atoms with van der Waals surface area (Å²) in [6.07, 6.45) is 0. The van der Waals surface area contributed by atoms with Gasteiger partial charge in [0.05, 0.1) is 17.8 Å². The molecule has 0 amide bonds. The zero-order chi connectivity index (χ0) is 21.0. The fourth-order valence-corrected chi connectivity index (χ4v) is 3.57. The molecule has 0 spiro atoms. The highest BCUT2D eigenvalue weighted by atomic mass is 16.5. The van der Waals surface area contributed by atoms with Crippen molar-refractivity contribution in [1.29, 1.82) is 0 Å². The molecule has 0 fully saturated rings. The Balaban J connectivity index is 1.50. The van der Waals surface area contributed by atoms with Crippen LogP contribution >= 0.6 is 0 Å². The smallest absolute Gasteiger partial charge is 0.205 e. The molecule has 3 aromatic carbocycles. The molecule has 0 atom stereocenters. The fraction of sp³-hybridized carbons (Fsp3) is 0.0833. The van der Waals surface area contributed by atoms with Crippen molar-refractivity contribution in [2.24, 2.45) is 0 Å². The van der Waals surface area contributed by atoms with Crippen molar-refractivity contribution < 1.29 is 9.84 Å². The van der Waals surface area contributed by atoms with Gasteiger partial charge in [0.1, 0.15) is 12.4 Å². The quantitative estimate of drug-likeness (QED) is 0.437. The van der Waals surface area contributed by atoms with Crippen molar-refractivity contribution in [3.8, 4) is 28.3 Å². The maximum absolute atomic E-state index is 9.55. The van der Waals surface area contributed by atoms with Gasteiger partial charge in [-0.1, -0.05) is 54.6 Å². The maximum Gasteiger partial charge on any atom is 0.205 e. The van der Waals surface area contributed by atoms with E-state index in [1.807, 2.05) is 60.7 Å². The third-order valence-electron chi connectivity index (χ3n) is 5.04. The third kappa shape index (κ3) is 3.86. The first kappa shape index (κ1) is 18.9. The number of aromatic amines is 1. The zero-order valence-electron chi connectivity index (χ0n) is 16.6. The molecule has 0 saturated heterocycles. The van der Waals surface area contributed by atoms with Crippen molar-refractivity contribution in [2.45, 2.75) is 13.2 Å². The van der Waals surface area contributed by atoms with E-state index in [2.05, 4.69) is 37.7 Å². The van der Waals surface area contributed by atoms with Gasteiger partial charge in [-0.05, 0) is 40.1 Å². The van der Waals surface area contributed by atoms with E-state index >= 15 is 0 Å². The van der Waals surface area contributed by atoms with Gasteiger partial charge in [-0.3, -0.25) is 4.98 Å². The van der Waals surface area contributed by atoms with E-state index in [1.54, 1.807) is 6.07 Å². The Morgan fingerprint density at radius 2 is 1.71 bits per heavy atom. The highest BCUT2D eigenvalue weighted by molar-refractivity contribution is 5.85. The molecule has 5 aromatic rings. The lowest BCUT2D eigenvalue weighted by atomic mass is 9.97. The summed E-state index contributed by atoms with van der Waals surface area (Å²) >= 11 is 0. The Morgan fingerprint density at radius 1 is 0.871 bits per heavy atom. The number of aliphatic hydroxyl groups excluding tert-OH is 1. The fourth-order valence-electron chi connectivity index (χ4n) is 3.57. The Kier molecular flexibility index (Phi) is 5.08. The van der Waals surface area contributed by atoms with Gasteiger partial charge in [-0.25, -0.2) is 0 Å². The number of rotatable bonds is 6. The normalized spacial score (nSPS) is 11.0. The number of tetrazole rings is 1. The van der Waals surface area contributed by atoms with Crippen LogP contribution in [0.25, 0.3) is 33.4 Å². The van der Waals surface area contributed by atoms with Crippen molar-refractivity contribution in [1.82, 2.24) is 25.6 Å². The summed E-state index contributed by atoms with van der Waals surface area (Å²) < 4.78 is 6.15. The van der Waals surface area contributed by atoms with Crippen molar-refractivity contribution in [2.75, 3.05) is 0 Å². The Labute approximate surface area is 178 Å². The first-order chi connectivity index (χ1) is 15.3. The molecule has 0 bridgehead atoms. The molecule has 7 heteroatoms. The van der Waals surface area contributed by atoms with Gasteiger partial charge in [-0.2, -0.15) is 5.21 Å². The minimum absolute atomic E-state index is 0.144. The van der Waals surface area contributed by atoms with Crippen LogP contribution in [0.5, 0.6) is 5.75 Å². The molecule has 0 radical (unpaired) electrons. The van der Waals surface area contributed by atoms with Crippen LogP contribution in [0, 0.1) is 0 Å². The van der Waals surface area contributed by atoms with Gasteiger partial charge in [0, 0.05) is 17.0 Å². The predicted molar refractivity (Wildman–Crippen MR) is 117 cm³/mol. The molecule has 2 heterocycles. The number of hydrogen-bond acceptors (Lipinski definition) is 6. The summed E-state index contributed by atoms with van der Waals surface area (Å²) in [5, 5.41) is 25.0. The Hall–Kier alpha value is -4.10. The number of nitrogens with zero attached hydrogens (tertiary/aromatic N) is 4. The molecule has 31 heavy (non-hydrogen) atoms. The number of pyridine rings is 1. The molecule has 7 nitrogen and oxygen atoms in total. The van der Waals surface area contributed by atoms with Gasteiger partial charge in [0.2, 0.25) is 5.82 Å². The second kappa shape index (κ2) is 8.33. The van der Waals surface area contributed by atoms with E-state index in [0.717, 1.165) is 33.2 Å². The molecule has 5 rings (SSSR count). The maximum atomic E-state index is 9.55. The molecule has 0 saturated carbocycles. The summed E-state index contributed by atoms with van der Waals surface area (Å²) in [6.45, 7) is 0.202. The summed E-state index contributed by atoms with van der Waals surface area (Å²) in [6, 6.07) is 25.7. The van der Waals surface area contributed by atoms with Crippen LogP contribution in [-0.2, 0) is 13.2 Å². The second-order valence-electron chi connectivity index (χ2n) is 7.06. The first-order valence-corrected chi connectivity index (χ1v) is 9.86. The molecular formula is C24H19N5O2. The van der Waals surface area contributed by atoms with Crippen LogP contribution in [0.3, 0.4) is 0 Å². The van der Waals surface area contributed by atoms with E-state index in [0.29, 0.717) is 23.9 Å². The SMILES string of the molecule is OCc1cc(OCc2ccc(-c3ccccc3)c(-c3nn[nH]n3)c2)c2ccccc2n1. The Morgan fingerprint density at radius 3 is 2.52 bits per heavy atom. The molecule has 2 aromatic heterocycles. The minimum Gasteiger partial charge on any atom is -0.488 e. The first-order valence-electron chi connectivity index (χ1n) is 9.86.